The number of hydrogen-bond acceptors (Lipinski definition) is 3. The first-order valence-electron chi connectivity index (χ1n) is 11.2. The minimum atomic E-state index is -0.653. The predicted octanol–water partition coefficient (Wildman–Crippen LogP) is 3.55. The number of carbonyl (C=O) groups excluding carboxylic acids is 3. The molecule has 1 aromatic heterocycles. The topological polar surface area (TPSA) is 85.5 Å². The molecule has 1 aliphatic heterocycles. The molecule has 0 spiro atoms. The number of nitrogens with one attached hydrogen (secondary N) is 2. The maximum absolute atomic E-state index is 13.0. The summed E-state index contributed by atoms with van der Waals surface area (Å²) in [6.07, 6.45) is 4.06. The molecule has 7 heteroatoms. The van der Waals surface area contributed by atoms with Gasteiger partial charge in [-0.05, 0) is 36.3 Å². The fraction of sp³-hybridized carbons (Fsp3) is 0.542. The lowest BCUT2D eigenvalue weighted by atomic mass is 10.1. The molecule has 1 aliphatic rings. The summed E-state index contributed by atoms with van der Waals surface area (Å²) in [5.74, 6) is 0.451. The van der Waals surface area contributed by atoms with Crippen LogP contribution in [0.3, 0.4) is 0 Å². The molecule has 3 rings (SSSR count). The summed E-state index contributed by atoms with van der Waals surface area (Å²) in [4.78, 5) is 44.4. The summed E-state index contributed by atoms with van der Waals surface area (Å²) < 4.78 is 0. The number of aromatic amines is 1. The minimum Gasteiger partial charge on any atom is -0.361 e. The van der Waals surface area contributed by atoms with Crippen LogP contribution in [0, 0.1) is 11.8 Å². The van der Waals surface area contributed by atoms with Crippen LogP contribution in [0.5, 0.6) is 0 Å². The number of urea groups is 1. The van der Waals surface area contributed by atoms with Gasteiger partial charge in [-0.2, -0.15) is 0 Å². The number of H-pyrrole nitrogens is 1. The third-order valence-electron chi connectivity index (χ3n) is 5.80. The van der Waals surface area contributed by atoms with E-state index in [4.69, 9.17) is 0 Å². The van der Waals surface area contributed by atoms with Crippen molar-refractivity contribution in [2.45, 2.75) is 53.0 Å². The fourth-order valence-electron chi connectivity index (χ4n) is 3.81. The molecule has 31 heavy (non-hydrogen) atoms. The Labute approximate surface area is 184 Å². The molecule has 2 heterocycles. The molecule has 4 amide bonds. The van der Waals surface area contributed by atoms with E-state index in [-0.39, 0.29) is 18.4 Å². The number of hydrogen-bond donors (Lipinski definition) is 2. The van der Waals surface area contributed by atoms with Crippen molar-refractivity contribution in [2.24, 2.45) is 11.8 Å². The Kier molecular flexibility index (Phi) is 7.36. The van der Waals surface area contributed by atoms with Crippen molar-refractivity contribution in [3.05, 3.63) is 36.0 Å². The van der Waals surface area contributed by atoms with E-state index in [2.05, 4.69) is 38.0 Å². The predicted molar refractivity (Wildman–Crippen MR) is 122 cm³/mol. The molecule has 7 nitrogen and oxygen atoms in total. The second kappa shape index (κ2) is 9.98. The molecule has 1 atom stereocenters. The van der Waals surface area contributed by atoms with Gasteiger partial charge < -0.3 is 15.2 Å². The first-order valence-corrected chi connectivity index (χ1v) is 11.2. The van der Waals surface area contributed by atoms with Crippen LogP contribution in [-0.4, -0.2) is 58.3 Å². The maximum atomic E-state index is 13.0. The Hall–Kier alpha value is -2.83. The molecule has 168 valence electrons. The SMILES string of the molecule is CC(C)CCN(CCC(C)C)C(=O)CN1C(=O)N[C@H](Cc2c[nH]c3ccccc23)C1=O. The van der Waals surface area contributed by atoms with Crippen LogP contribution in [-0.2, 0) is 16.0 Å². The van der Waals surface area contributed by atoms with Crippen molar-refractivity contribution < 1.29 is 14.4 Å². The van der Waals surface area contributed by atoms with Crippen LogP contribution in [0.2, 0.25) is 0 Å². The molecule has 0 bridgehead atoms. The fourth-order valence-corrected chi connectivity index (χ4v) is 3.81. The summed E-state index contributed by atoms with van der Waals surface area (Å²) in [7, 11) is 0. The smallest absolute Gasteiger partial charge is 0.325 e. The monoisotopic (exact) mass is 426 g/mol. The standard InChI is InChI=1S/C24H34N4O3/c1-16(2)9-11-27(12-10-17(3)4)22(29)15-28-23(30)21(26-24(28)31)13-18-14-25-20-8-6-5-7-19(18)20/h5-8,14,16-17,21,25H,9-13,15H2,1-4H3,(H,26,31)/t21-/m1/s1. The highest BCUT2D eigenvalue weighted by molar-refractivity contribution is 6.06. The van der Waals surface area contributed by atoms with E-state index < -0.39 is 12.1 Å². The summed E-state index contributed by atoms with van der Waals surface area (Å²) in [6.45, 7) is 9.58. The van der Waals surface area contributed by atoms with Crippen molar-refractivity contribution in [3.63, 3.8) is 0 Å². The van der Waals surface area contributed by atoms with Crippen molar-refractivity contribution >= 4 is 28.7 Å². The Morgan fingerprint density at radius 3 is 2.35 bits per heavy atom. The van der Waals surface area contributed by atoms with E-state index in [1.165, 1.54) is 0 Å². The van der Waals surface area contributed by atoms with Crippen LogP contribution < -0.4 is 5.32 Å². The van der Waals surface area contributed by atoms with E-state index >= 15 is 0 Å². The van der Waals surface area contributed by atoms with Crippen molar-refractivity contribution in [3.8, 4) is 0 Å². The maximum Gasteiger partial charge on any atom is 0.325 e. The van der Waals surface area contributed by atoms with Gasteiger partial charge >= 0.3 is 6.03 Å². The lowest BCUT2D eigenvalue weighted by molar-refractivity contribution is -0.137. The van der Waals surface area contributed by atoms with E-state index in [9.17, 15) is 14.4 Å². The quantitative estimate of drug-likeness (QED) is 0.570. The Morgan fingerprint density at radius 1 is 1.06 bits per heavy atom. The second-order valence-electron chi connectivity index (χ2n) is 9.24. The Balaban J connectivity index is 1.65. The molecule has 1 fully saturated rings. The zero-order valence-electron chi connectivity index (χ0n) is 19.0. The van der Waals surface area contributed by atoms with E-state index in [0.29, 0.717) is 31.3 Å². The molecule has 0 radical (unpaired) electrons. The van der Waals surface area contributed by atoms with Gasteiger partial charge in [-0.3, -0.25) is 14.5 Å². The van der Waals surface area contributed by atoms with Gasteiger partial charge in [0.1, 0.15) is 12.6 Å². The lowest BCUT2D eigenvalue weighted by Gasteiger charge is -2.26. The summed E-state index contributed by atoms with van der Waals surface area (Å²) >= 11 is 0. The van der Waals surface area contributed by atoms with Crippen LogP contribution in [0.25, 0.3) is 10.9 Å². The summed E-state index contributed by atoms with van der Waals surface area (Å²) in [5.41, 5.74) is 1.96. The van der Waals surface area contributed by atoms with Crippen LogP contribution >= 0.6 is 0 Å². The van der Waals surface area contributed by atoms with Gasteiger partial charge in [-0.15, -0.1) is 0 Å². The second-order valence-corrected chi connectivity index (χ2v) is 9.24. The third kappa shape index (κ3) is 5.66. The first-order chi connectivity index (χ1) is 14.8. The number of amides is 4. The van der Waals surface area contributed by atoms with E-state index in [1.54, 1.807) is 4.90 Å². The number of para-hydroxylation sites is 1. The highest BCUT2D eigenvalue weighted by Gasteiger charge is 2.39. The number of nitrogens with zero attached hydrogens (tertiary/aromatic N) is 2. The van der Waals surface area contributed by atoms with Gasteiger partial charge in [0, 0.05) is 36.6 Å². The zero-order chi connectivity index (χ0) is 22.5. The lowest BCUT2D eigenvalue weighted by Crippen LogP contribution is -2.44. The minimum absolute atomic E-state index is 0.169. The zero-order valence-corrected chi connectivity index (χ0v) is 19.0. The van der Waals surface area contributed by atoms with Gasteiger partial charge in [0.15, 0.2) is 0 Å². The van der Waals surface area contributed by atoms with E-state index in [0.717, 1.165) is 34.2 Å². The molecule has 0 unspecified atom stereocenters. The van der Waals surface area contributed by atoms with Gasteiger partial charge in [0.25, 0.3) is 5.91 Å². The van der Waals surface area contributed by atoms with Crippen LogP contribution in [0.15, 0.2) is 30.5 Å². The van der Waals surface area contributed by atoms with Gasteiger partial charge in [-0.1, -0.05) is 45.9 Å². The molecule has 0 saturated carbocycles. The Morgan fingerprint density at radius 2 is 1.71 bits per heavy atom. The highest BCUT2D eigenvalue weighted by atomic mass is 16.2. The van der Waals surface area contributed by atoms with Crippen molar-refractivity contribution in [2.75, 3.05) is 19.6 Å². The van der Waals surface area contributed by atoms with E-state index in [1.807, 2.05) is 30.5 Å². The average Bonchev–Trinajstić information content (AvgIpc) is 3.24. The molecule has 2 aromatic rings. The number of imide groups is 1. The molecule has 0 aliphatic carbocycles. The molecule has 1 aromatic carbocycles. The molecule has 1 saturated heterocycles. The number of benzene rings is 1. The number of aromatic nitrogens is 1. The summed E-state index contributed by atoms with van der Waals surface area (Å²) in [6, 6.07) is 6.72. The van der Waals surface area contributed by atoms with Crippen LogP contribution in [0.4, 0.5) is 4.79 Å². The number of fused-ring (bicyclic) bond motifs is 1. The third-order valence-corrected chi connectivity index (χ3v) is 5.80. The van der Waals surface area contributed by atoms with Gasteiger partial charge in [0.2, 0.25) is 5.91 Å². The first kappa shape index (κ1) is 22.8. The Bertz CT molecular complexity index is 922. The largest absolute Gasteiger partial charge is 0.361 e. The van der Waals surface area contributed by atoms with Gasteiger partial charge in [0.05, 0.1) is 0 Å². The highest BCUT2D eigenvalue weighted by Crippen LogP contribution is 2.21. The molecular weight excluding hydrogens is 392 g/mol. The van der Waals surface area contributed by atoms with Gasteiger partial charge in [-0.25, -0.2) is 4.79 Å². The molecule has 2 N–H and O–H groups in total. The van der Waals surface area contributed by atoms with Crippen LogP contribution in [0.1, 0.15) is 46.1 Å². The number of rotatable bonds is 10. The number of carbonyl (C=O) groups is 3. The summed E-state index contributed by atoms with van der Waals surface area (Å²) in [5, 5.41) is 3.79. The molecular formula is C24H34N4O3. The van der Waals surface area contributed by atoms with Crippen molar-refractivity contribution in [1.29, 1.82) is 0 Å². The normalized spacial score (nSPS) is 16.6. The van der Waals surface area contributed by atoms with Crippen molar-refractivity contribution in [1.82, 2.24) is 20.1 Å². The average molecular weight is 427 g/mol.